The van der Waals surface area contributed by atoms with Crippen LogP contribution in [0.15, 0.2) is 66.7 Å². The van der Waals surface area contributed by atoms with Gasteiger partial charge < -0.3 is 9.64 Å². The third-order valence-corrected chi connectivity index (χ3v) is 6.54. The number of rotatable bonds is 5. The monoisotopic (exact) mass is 455 g/mol. The number of nitrogens with zero attached hydrogens (tertiary/aromatic N) is 5. The Balaban J connectivity index is 1.56. The molecule has 34 heavy (non-hydrogen) atoms. The highest BCUT2D eigenvalue weighted by molar-refractivity contribution is 5.67. The lowest BCUT2D eigenvalue weighted by atomic mass is 9.76. The molecule has 5 rings (SSSR count). The zero-order valence-electron chi connectivity index (χ0n) is 19.4. The number of hydrogen-bond donors (Lipinski definition) is 0. The number of anilines is 1. The highest BCUT2D eigenvalue weighted by Gasteiger charge is 2.40. The lowest BCUT2D eigenvalue weighted by Crippen LogP contribution is -2.49. The number of tetrazole rings is 1. The summed E-state index contributed by atoms with van der Waals surface area (Å²) >= 11 is 0. The SMILES string of the molecule is COc1ccc2c(c1)CCN(c1ccc(F)cc1)C2(C)c1ccc(/C=C/c2nnn(C)n2)cc1. The quantitative estimate of drug-likeness (QED) is 0.430. The molecule has 172 valence electrons. The van der Waals surface area contributed by atoms with E-state index < -0.39 is 5.54 Å². The second kappa shape index (κ2) is 8.74. The van der Waals surface area contributed by atoms with Gasteiger partial charge in [-0.1, -0.05) is 36.4 Å². The standard InChI is InChI=1S/C27H26FN5O/c1-27(21-7-4-19(5-8-21)6-15-26-29-31-32(2)30-26)25-14-13-24(34-3)18-20(25)16-17-33(27)23-11-9-22(28)10-12-23/h4-15,18H,16-17H2,1-3H3/b15-6+. The van der Waals surface area contributed by atoms with Gasteiger partial charge in [-0.15, -0.1) is 10.2 Å². The molecular formula is C27H26FN5O. The molecule has 7 heteroatoms. The molecule has 1 aromatic heterocycles. The average Bonchev–Trinajstić information content (AvgIpc) is 3.28. The van der Waals surface area contributed by atoms with E-state index in [9.17, 15) is 4.39 Å². The molecule has 1 unspecified atom stereocenters. The fourth-order valence-electron chi connectivity index (χ4n) is 4.75. The Kier molecular flexibility index (Phi) is 5.61. The molecule has 0 aliphatic carbocycles. The van der Waals surface area contributed by atoms with Crippen molar-refractivity contribution < 1.29 is 9.13 Å². The summed E-state index contributed by atoms with van der Waals surface area (Å²) in [6.07, 6.45) is 4.70. The Morgan fingerprint density at radius 1 is 1.00 bits per heavy atom. The molecule has 0 amide bonds. The van der Waals surface area contributed by atoms with Crippen molar-refractivity contribution in [2.45, 2.75) is 18.9 Å². The van der Waals surface area contributed by atoms with Crippen LogP contribution >= 0.6 is 0 Å². The van der Waals surface area contributed by atoms with Gasteiger partial charge in [0.1, 0.15) is 11.6 Å². The maximum absolute atomic E-state index is 13.7. The summed E-state index contributed by atoms with van der Waals surface area (Å²) in [6, 6.07) is 21.5. The molecule has 2 heterocycles. The summed E-state index contributed by atoms with van der Waals surface area (Å²) in [6.45, 7) is 3.04. The Morgan fingerprint density at radius 3 is 2.44 bits per heavy atom. The van der Waals surface area contributed by atoms with E-state index >= 15 is 0 Å². The number of aryl methyl sites for hydroxylation is 1. The van der Waals surface area contributed by atoms with E-state index in [4.69, 9.17) is 4.74 Å². The zero-order valence-corrected chi connectivity index (χ0v) is 19.4. The van der Waals surface area contributed by atoms with Crippen LogP contribution < -0.4 is 9.64 Å². The van der Waals surface area contributed by atoms with Crippen LogP contribution in [0.5, 0.6) is 5.75 Å². The van der Waals surface area contributed by atoms with Crippen molar-refractivity contribution in [3.05, 3.63) is 101 Å². The van der Waals surface area contributed by atoms with Crippen LogP contribution in [0.2, 0.25) is 0 Å². The maximum Gasteiger partial charge on any atom is 0.197 e. The molecule has 0 spiro atoms. The average molecular weight is 456 g/mol. The van der Waals surface area contributed by atoms with Gasteiger partial charge in [0.25, 0.3) is 0 Å². The van der Waals surface area contributed by atoms with Crippen LogP contribution in [-0.4, -0.2) is 33.9 Å². The summed E-state index contributed by atoms with van der Waals surface area (Å²) in [5.41, 5.74) is 5.22. The molecule has 6 nitrogen and oxygen atoms in total. The van der Waals surface area contributed by atoms with Gasteiger partial charge in [-0.2, -0.15) is 4.80 Å². The Bertz CT molecular complexity index is 1330. The second-order valence-electron chi connectivity index (χ2n) is 8.57. The van der Waals surface area contributed by atoms with Crippen LogP contribution in [-0.2, 0) is 19.0 Å². The van der Waals surface area contributed by atoms with E-state index in [1.807, 2.05) is 30.4 Å². The molecule has 0 fully saturated rings. The lowest BCUT2D eigenvalue weighted by Gasteiger charge is -2.48. The number of aromatic nitrogens is 4. The van der Waals surface area contributed by atoms with Crippen LogP contribution in [0, 0.1) is 5.82 Å². The molecule has 0 N–H and O–H groups in total. The third-order valence-electron chi connectivity index (χ3n) is 6.54. The van der Waals surface area contributed by atoms with Crippen molar-refractivity contribution in [1.82, 2.24) is 20.2 Å². The molecule has 0 radical (unpaired) electrons. The lowest BCUT2D eigenvalue weighted by molar-refractivity contribution is 0.411. The summed E-state index contributed by atoms with van der Waals surface area (Å²) in [5, 5.41) is 12.0. The van der Waals surface area contributed by atoms with E-state index in [0.29, 0.717) is 5.82 Å². The van der Waals surface area contributed by atoms with Gasteiger partial charge in [-0.3, -0.25) is 0 Å². The third kappa shape index (κ3) is 3.94. The van der Waals surface area contributed by atoms with E-state index in [2.05, 4.69) is 63.6 Å². The first kappa shape index (κ1) is 21.8. The van der Waals surface area contributed by atoms with Crippen molar-refractivity contribution in [2.24, 2.45) is 7.05 Å². The summed E-state index contributed by atoms with van der Waals surface area (Å²) in [5.74, 6) is 1.19. The molecule has 3 aromatic carbocycles. The number of methoxy groups -OCH3 is 1. The smallest absolute Gasteiger partial charge is 0.197 e. The summed E-state index contributed by atoms with van der Waals surface area (Å²) in [7, 11) is 3.43. The number of fused-ring (bicyclic) bond motifs is 1. The largest absolute Gasteiger partial charge is 0.497 e. The van der Waals surface area contributed by atoms with Gasteiger partial charge in [-0.25, -0.2) is 4.39 Å². The molecule has 0 bridgehead atoms. The van der Waals surface area contributed by atoms with Crippen molar-refractivity contribution in [2.75, 3.05) is 18.6 Å². The highest BCUT2D eigenvalue weighted by atomic mass is 19.1. The van der Waals surface area contributed by atoms with Gasteiger partial charge in [0.05, 0.1) is 19.7 Å². The van der Waals surface area contributed by atoms with Crippen LogP contribution in [0.3, 0.4) is 0 Å². The topological polar surface area (TPSA) is 56.1 Å². The Morgan fingerprint density at radius 2 is 1.76 bits per heavy atom. The molecule has 1 atom stereocenters. The predicted molar refractivity (Wildman–Crippen MR) is 131 cm³/mol. The van der Waals surface area contributed by atoms with E-state index in [1.165, 1.54) is 28.1 Å². The maximum atomic E-state index is 13.7. The number of hydrogen-bond acceptors (Lipinski definition) is 5. The fraction of sp³-hybridized carbons (Fsp3) is 0.222. The Hall–Kier alpha value is -4.00. The zero-order chi connectivity index (χ0) is 23.7. The minimum atomic E-state index is -0.438. The molecule has 0 saturated heterocycles. The predicted octanol–water partition coefficient (Wildman–Crippen LogP) is 4.85. The van der Waals surface area contributed by atoms with Gasteiger partial charge >= 0.3 is 0 Å². The van der Waals surface area contributed by atoms with Crippen molar-refractivity contribution in [3.63, 3.8) is 0 Å². The number of ether oxygens (including phenoxy) is 1. The number of halogens is 1. The van der Waals surface area contributed by atoms with Gasteiger partial charge in [0.15, 0.2) is 5.82 Å². The van der Waals surface area contributed by atoms with Crippen LogP contribution in [0.1, 0.15) is 35.0 Å². The minimum absolute atomic E-state index is 0.235. The first-order chi connectivity index (χ1) is 16.5. The highest BCUT2D eigenvalue weighted by Crippen LogP contribution is 2.44. The normalized spacial score (nSPS) is 17.7. The second-order valence-corrected chi connectivity index (χ2v) is 8.57. The van der Waals surface area contributed by atoms with Crippen molar-refractivity contribution >= 4 is 17.8 Å². The molecule has 4 aromatic rings. The van der Waals surface area contributed by atoms with E-state index in [-0.39, 0.29) is 5.82 Å². The van der Waals surface area contributed by atoms with Crippen LogP contribution in [0.4, 0.5) is 10.1 Å². The fourth-order valence-corrected chi connectivity index (χ4v) is 4.75. The molecular weight excluding hydrogens is 429 g/mol. The van der Waals surface area contributed by atoms with Gasteiger partial charge in [0, 0.05) is 12.2 Å². The Labute approximate surface area is 198 Å². The molecule has 0 saturated carbocycles. The van der Waals surface area contributed by atoms with E-state index in [0.717, 1.165) is 35.5 Å². The van der Waals surface area contributed by atoms with Crippen molar-refractivity contribution in [1.29, 1.82) is 0 Å². The molecule has 1 aliphatic heterocycles. The number of benzene rings is 3. The van der Waals surface area contributed by atoms with Gasteiger partial charge in [0.2, 0.25) is 0 Å². The first-order valence-electron chi connectivity index (χ1n) is 11.2. The molecule has 1 aliphatic rings. The summed E-state index contributed by atoms with van der Waals surface area (Å²) < 4.78 is 19.2. The summed E-state index contributed by atoms with van der Waals surface area (Å²) in [4.78, 5) is 3.79. The minimum Gasteiger partial charge on any atom is -0.497 e. The van der Waals surface area contributed by atoms with E-state index in [1.54, 1.807) is 14.2 Å². The van der Waals surface area contributed by atoms with Crippen LogP contribution in [0.25, 0.3) is 12.2 Å². The van der Waals surface area contributed by atoms with Crippen molar-refractivity contribution in [3.8, 4) is 5.75 Å². The van der Waals surface area contributed by atoms with Gasteiger partial charge in [-0.05, 0) is 83.3 Å². The first-order valence-corrected chi connectivity index (χ1v) is 11.2.